The summed E-state index contributed by atoms with van der Waals surface area (Å²) in [6.45, 7) is 7.16. The Morgan fingerprint density at radius 2 is 1.43 bits per heavy atom. The van der Waals surface area contributed by atoms with Crippen LogP contribution in [0.4, 0.5) is 0 Å². The fourth-order valence-electron chi connectivity index (χ4n) is 0. The van der Waals surface area contributed by atoms with Gasteiger partial charge in [0.05, 0.1) is 0 Å². The van der Waals surface area contributed by atoms with E-state index >= 15 is 0 Å². The first-order valence-electron chi connectivity index (χ1n) is 4.00. The lowest BCUT2D eigenvalue weighted by molar-refractivity contribution is -0.137. The Morgan fingerprint density at radius 3 is 1.43 bits per heavy atom. The van der Waals surface area contributed by atoms with Crippen molar-refractivity contribution in [1.82, 2.24) is 0 Å². The maximum atomic E-state index is 9.65. The Labute approximate surface area is 94.5 Å². The standard InChI is InChI=1S/C3H5BrO2.C3H6O2.C2H6.CH4/c1-2(4)3(5)6;1-2-3(4)5;1-2;/h2H,1H3,(H,5,6);2H2,1H3,(H,4,5);1-2H3;1H4. The number of hydrogen-bond acceptors (Lipinski definition) is 2. The first-order valence-corrected chi connectivity index (χ1v) is 4.92. The van der Waals surface area contributed by atoms with E-state index in [1.54, 1.807) is 13.8 Å². The van der Waals surface area contributed by atoms with E-state index in [2.05, 4.69) is 15.9 Å². The monoisotopic (exact) mass is 272 g/mol. The predicted molar refractivity (Wildman–Crippen MR) is 62.0 cm³/mol. The molecule has 0 bridgehead atoms. The molecule has 0 saturated carbocycles. The summed E-state index contributed by atoms with van der Waals surface area (Å²) < 4.78 is 0. The second-order valence-corrected chi connectivity index (χ2v) is 3.08. The third-order valence-corrected chi connectivity index (χ3v) is 1.03. The van der Waals surface area contributed by atoms with E-state index in [0.717, 1.165) is 0 Å². The molecule has 0 aliphatic rings. The molecule has 0 amide bonds. The first-order chi connectivity index (χ1) is 5.91. The number of aliphatic carboxylic acids is 2. The molecular formula is C9H21BrO4. The van der Waals surface area contributed by atoms with E-state index in [4.69, 9.17) is 10.2 Å². The SMILES string of the molecule is C.CC.CC(Br)C(=O)O.CCC(=O)O. The van der Waals surface area contributed by atoms with Gasteiger partial charge in [0.1, 0.15) is 4.83 Å². The average molecular weight is 273 g/mol. The van der Waals surface area contributed by atoms with Gasteiger partial charge < -0.3 is 10.2 Å². The lowest BCUT2D eigenvalue weighted by Crippen LogP contribution is -2.06. The molecule has 0 aromatic carbocycles. The third kappa shape index (κ3) is 42.2. The molecule has 5 heteroatoms. The van der Waals surface area contributed by atoms with Crippen LogP contribution in [0.2, 0.25) is 0 Å². The van der Waals surface area contributed by atoms with Crippen molar-refractivity contribution in [2.75, 3.05) is 0 Å². The molecule has 0 fully saturated rings. The molecule has 0 spiro atoms. The van der Waals surface area contributed by atoms with Gasteiger partial charge in [-0.15, -0.1) is 0 Å². The van der Waals surface area contributed by atoms with Crippen LogP contribution in [0, 0.1) is 0 Å². The molecule has 1 unspecified atom stereocenters. The highest BCUT2D eigenvalue weighted by Gasteiger charge is 2.01. The van der Waals surface area contributed by atoms with E-state index in [1.165, 1.54) is 0 Å². The molecule has 14 heavy (non-hydrogen) atoms. The summed E-state index contributed by atoms with van der Waals surface area (Å²) in [6, 6.07) is 0. The number of carbonyl (C=O) groups is 2. The molecule has 0 aliphatic heterocycles. The van der Waals surface area contributed by atoms with Gasteiger partial charge in [-0.05, 0) is 6.92 Å². The van der Waals surface area contributed by atoms with Crippen molar-refractivity contribution in [3.05, 3.63) is 0 Å². The fraction of sp³-hybridized carbons (Fsp3) is 0.778. The Kier molecular flexibility index (Phi) is 30.4. The van der Waals surface area contributed by atoms with Crippen molar-refractivity contribution in [1.29, 1.82) is 0 Å². The summed E-state index contributed by atoms with van der Waals surface area (Å²) in [5.41, 5.74) is 0. The molecule has 0 aromatic heterocycles. The van der Waals surface area contributed by atoms with Crippen molar-refractivity contribution in [3.63, 3.8) is 0 Å². The van der Waals surface area contributed by atoms with E-state index in [1.807, 2.05) is 13.8 Å². The van der Waals surface area contributed by atoms with Crippen molar-refractivity contribution in [2.24, 2.45) is 0 Å². The van der Waals surface area contributed by atoms with Gasteiger partial charge in [-0.3, -0.25) is 9.59 Å². The fourth-order valence-corrected chi connectivity index (χ4v) is 0. The Morgan fingerprint density at radius 1 is 1.29 bits per heavy atom. The number of halogens is 1. The second-order valence-electron chi connectivity index (χ2n) is 1.70. The van der Waals surface area contributed by atoms with E-state index in [-0.39, 0.29) is 13.8 Å². The van der Waals surface area contributed by atoms with Crippen LogP contribution in [0.1, 0.15) is 41.5 Å². The number of rotatable bonds is 2. The molecule has 88 valence electrons. The highest BCUT2D eigenvalue weighted by molar-refractivity contribution is 9.10. The topological polar surface area (TPSA) is 74.6 Å². The zero-order valence-corrected chi connectivity index (χ0v) is 9.96. The summed E-state index contributed by atoms with van der Waals surface area (Å²) >= 11 is 2.84. The summed E-state index contributed by atoms with van der Waals surface area (Å²) in [5, 5.41) is 15.7. The van der Waals surface area contributed by atoms with Crippen molar-refractivity contribution < 1.29 is 19.8 Å². The molecular weight excluding hydrogens is 252 g/mol. The maximum Gasteiger partial charge on any atom is 0.316 e. The third-order valence-electron chi connectivity index (χ3n) is 0.643. The van der Waals surface area contributed by atoms with Gasteiger partial charge in [-0.25, -0.2) is 0 Å². The van der Waals surface area contributed by atoms with Gasteiger partial charge in [0.25, 0.3) is 0 Å². The normalized spacial score (nSPS) is 8.93. The van der Waals surface area contributed by atoms with Gasteiger partial charge >= 0.3 is 11.9 Å². The number of alkyl halides is 1. The Balaban J connectivity index is -0.0000000576. The van der Waals surface area contributed by atoms with Gasteiger partial charge in [-0.2, -0.15) is 0 Å². The van der Waals surface area contributed by atoms with Crippen LogP contribution in [-0.2, 0) is 9.59 Å². The number of carboxylic acids is 2. The van der Waals surface area contributed by atoms with Crippen LogP contribution in [0.25, 0.3) is 0 Å². The van der Waals surface area contributed by atoms with Gasteiger partial charge in [0, 0.05) is 6.42 Å². The second kappa shape index (κ2) is 18.3. The minimum Gasteiger partial charge on any atom is -0.481 e. The molecule has 0 aromatic rings. The largest absolute Gasteiger partial charge is 0.481 e. The molecule has 0 saturated heterocycles. The van der Waals surface area contributed by atoms with E-state index < -0.39 is 16.8 Å². The molecule has 1 atom stereocenters. The van der Waals surface area contributed by atoms with E-state index in [0.29, 0.717) is 0 Å². The highest BCUT2D eigenvalue weighted by atomic mass is 79.9. The molecule has 0 radical (unpaired) electrons. The van der Waals surface area contributed by atoms with Crippen molar-refractivity contribution in [3.8, 4) is 0 Å². The minimum atomic E-state index is -0.824. The van der Waals surface area contributed by atoms with Crippen LogP contribution < -0.4 is 0 Å². The Bertz CT molecular complexity index is 135. The summed E-state index contributed by atoms with van der Waals surface area (Å²) in [7, 11) is 0. The lowest BCUT2D eigenvalue weighted by atomic mass is 10.5. The van der Waals surface area contributed by atoms with Crippen LogP contribution in [0.5, 0.6) is 0 Å². The molecule has 0 rings (SSSR count). The van der Waals surface area contributed by atoms with Crippen LogP contribution >= 0.6 is 15.9 Å². The van der Waals surface area contributed by atoms with E-state index in [9.17, 15) is 9.59 Å². The smallest absolute Gasteiger partial charge is 0.316 e. The van der Waals surface area contributed by atoms with Crippen LogP contribution in [0.3, 0.4) is 0 Å². The maximum absolute atomic E-state index is 9.65. The number of carboxylic acid groups (broad SMARTS) is 2. The highest BCUT2D eigenvalue weighted by Crippen LogP contribution is 1.93. The zero-order valence-electron chi connectivity index (χ0n) is 8.37. The average Bonchev–Trinajstić information content (AvgIpc) is 2.09. The summed E-state index contributed by atoms with van der Waals surface area (Å²) in [5.74, 6) is -1.57. The van der Waals surface area contributed by atoms with Crippen LogP contribution in [0.15, 0.2) is 0 Å². The first kappa shape index (κ1) is 23.3. The molecule has 4 nitrogen and oxygen atoms in total. The zero-order chi connectivity index (χ0) is 11.4. The van der Waals surface area contributed by atoms with Gasteiger partial charge in [0.15, 0.2) is 0 Å². The van der Waals surface area contributed by atoms with Crippen molar-refractivity contribution in [2.45, 2.75) is 46.4 Å². The summed E-state index contributed by atoms with van der Waals surface area (Å²) in [6.07, 6.45) is 0.222. The quantitative estimate of drug-likeness (QED) is 0.758. The molecule has 0 heterocycles. The molecule has 2 N–H and O–H groups in total. The van der Waals surface area contributed by atoms with Gasteiger partial charge in [-0.1, -0.05) is 44.1 Å². The number of hydrogen-bond donors (Lipinski definition) is 2. The molecule has 0 aliphatic carbocycles. The minimum absolute atomic E-state index is 0. The van der Waals surface area contributed by atoms with Crippen molar-refractivity contribution >= 4 is 27.9 Å². The summed E-state index contributed by atoms with van der Waals surface area (Å²) in [4.78, 5) is 18.6. The lowest BCUT2D eigenvalue weighted by Gasteiger charge is -1.87. The predicted octanol–water partition coefficient (Wildman–Crippen LogP) is 3.00. The van der Waals surface area contributed by atoms with Crippen LogP contribution in [-0.4, -0.2) is 27.0 Å². The van der Waals surface area contributed by atoms with Gasteiger partial charge in [0.2, 0.25) is 0 Å². The Hall–Kier alpha value is -0.580.